The first kappa shape index (κ1) is 12.0. The van der Waals surface area contributed by atoms with E-state index in [-0.39, 0.29) is 5.57 Å². The molecule has 0 atom stereocenters. The van der Waals surface area contributed by atoms with Crippen molar-refractivity contribution in [3.63, 3.8) is 0 Å². The summed E-state index contributed by atoms with van der Waals surface area (Å²) in [7, 11) is 1.24. The van der Waals surface area contributed by atoms with Gasteiger partial charge in [-0.15, -0.1) is 0 Å². The Labute approximate surface area is 93.9 Å². The van der Waals surface area contributed by atoms with Crippen molar-refractivity contribution in [1.82, 2.24) is 0 Å². The Kier molecular flexibility index (Phi) is 4.27. The first-order valence-electron chi connectivity index (χ1n) is 4.80. The predicted molar refractivity (Wildman–Crippen MR) is 60.8 cm³/mol. The van der Waals surface area contributed by atoms with Crippen LogP contribution in [0.25, 0.3) is 0 Å². The highest BCUT2D eigenvalue weighted by Gasteiger charge is 2.17. The molecule has 0 bridgehead atoms. The van der Waals surface area contributed by atoms with Gasteiger partial charge in [0, 0.05) is 5.69 Å². The fraction of sp³-hybridized carbons (Fsp3) is 0.167. The van der Waals surface area contributed by atoms with Crippen LogP contribution in [0.3, 0.4) is 0 Å². The third-order valence-electron chi connectivity index (χ3n) is 1.97. The van der Waals surface area contributed by atoms with Gasteiger partial charge in [0.15, 0.2) is 0 Å². The van der Waals surface area contributed by atoms with Gasteiger partial charge < -0.3 is 10.1 Å². The number of benzene rings is 1. The van der Waals surface area contributed by atoms with Crippen LogP contribution in [0.4, 0.5) is 5.69 Å². The second kappa shape index (κ2) is 5.70. The highest BCUT2D eigenvalue weighted by atomic mass is 16.5. The van der Waals surface area contributed by atoms with Gasteiger partial charge in [-0.05, 0) is 19.1 Å². The minimum absolute atomic E-state index is 0.00801. The van der Waals surface area contributed by atoms with Crippen molar-refractivity contribution in [2.45, 2.75) is 6.92 Å². The molecular formula is C12H13NO3. The summed E-state index contributed by atoms with van der Waals surface area (Å²) in [6, 6.07) is 8.91. The fourth-order valence-electron chi connectivity index (χ4n) is 1.17. The normalized spacial score (nSPS) is 10.8. The Hall–Kier alpha value is -2.10. The van der Waals surface area contributed by atoms with E-state index in [0.29, 0.717) is 5.69 Å². The SMILES string of the molecule is C/C=C(/C(=O)Nc1ccccc1)C(=O)OC. The lowest BCUT2D eigenvalue weighted by molar-refractivity contribution is -0.137. The van der Waals surface area contributed by atoms with E-state index < -0.39 is 11.9 Å². The highest BCUT2D eigenvalue weighted by Crippen LogP contribution is 2.08. The number of rotatable bonds is 3. The lowest BCUT2D eigenvalue weighted by atomic mass is 10.2. The van der Waals surface area contributed by atoms with Crippen LogP contribution in [0, 0.1) is 0 Å². The summed E-state index contributed by atoms with van der Waals surface area (Å²) in [5.41, 5.74) is 0.627. The van der Waals surface area contributed by atoms with Crippen LogP contribution in [0.1, 0.15) is 6.92 Å². The summed E-state index contributed by atoms with van der Waals surface area (Å²) in [5.74, 6) is -1.11. The van der Waals surface area contributed by atoms with Crippen LogP contribution >= 0.6 is 0 Å². The molecule has 0 aliphatic rings. The number of amides is 1. The van der Waals surface area contributed by atoms with Crippen LogP contribution in [0.15, 0.2) is 42.0 Å². The molecule has 1 rings (SSSR count). The number of hydrogen-bond acceptors (Lipinski definition) is 3. The van der Waals surface area contributed by atoms with Crippen LogP contribution in [-0.4, -0.2) is 19.0 Å². The Morgan fingerprint density at radius 1 is 1.25 bits per heavy atom. The van der Waals surface area contributed by atoms with Gasteiger partial charge in [-0.2, -0.15) is 0 Å². The second-order valence-electron chi connectivity index (χ2n) is 3.01. The zero-order valence-corrected chi connectivity index (χ0v) is 9.19. The van der Waals surface area contributed by atoms with Gasteiger partial charge >= 0.3 is 5.97 Å². The van der Waals surface area contributed by atoms with Gasteiger partial charge in [0.2, 0.25) is 0 Å². The molecule has 1 aromatic carbocycles. The van der Waals surface area contributed by atoms with Crippen molar-refractivity contribution < 1.29 is 14.3 Å². The van der Waals surface area contributed by atoms with E-state index in [1.54, 1.807) is 31.2 Å². The molecule has 1 N–H and O–H groups in total. The molecule has 0 spiro atoms. The van der Waals surface area contributed by atoms with E-state index in [1.807, 2.05) is 6.07 Å². The maximum Gasteiger partial charge on any atom is 0.343 e. The maximum absolute atomic E-state index is 11.7. The van der Waals surface area contributed by atoms with E-state index in [1.165, 1.54) is 13.2 Å². The summed E-state index contributed by atoms with van der Waals surface area (Å²) in [5, 5.41) is 2.60. The molecule has 0 saturated heterocycles. The third kappa shape index (κ3) is 2.95. The maximum atomic E-state index is 11.7. The molecule has 0 aliphatic heterocycles. The Morgan fingerprint density at radius 2 is 1.88 bits per heavy atom. The molecule has 0 heterocycles. The lowest BCUT2D eigenvalue weighted by Crippen LogP contribution is -2.21. The quantitative estimate of drug-likeness (QED) is 0.364. The average Bonchev–Trinajstić information content (AvgIpc) is 2.31. The zero-order valence-electron chi connectivity index (χ0n) is 9.19. The topological polar surface area (TPSA) is 55.4 Å². The monoisotopic (exact) mass is 219 g/mol. The summed E-state index contributed by atoms with van der Waals surface area (Å²) in [4.78, 5) is 22.9. The van der Waals surface area contributed by atoms with Crippen molar-refractivity contribution in [3.05, 3.63) is 42.0 Å². The average molecular weight is 219 g/mol. The van der Waals surface area contributed by atoms with Crippen LogP contribution in [0.2, 0.25) is 0 Å². The molecule has 4 nitrogen and oxygen atoms in total. The molecule has 16 heavy (non-hydrogen) atoms. The molecule has 1 aromatic rings. The Bertz CT molecular complexity index is 410. The smallest absolute Gasteiger partial charge is 0.343 e. The molecular weight excluding hydrogens is 206 g/mol. The first-order chi connectivity index (χ1) is 7.69. The van der Waals surface area contributed by atoms with Gasteiger partial charge in [0.25, 0.3) is 5.91 Å². The van der Waals surface area contributed by atoms with Crippen molar-refractivity contribution in [2.75, 3.05) is 12.4 Å². The number of para-hydroxylation sites is 1. The second-order valence-corrected chi connectivity index (χ2v) is 3.01. The van der Waals surface area contributed by atoms with Gasteiger partial charge in [-0.1, -0.05) is 24.3 Å². The predicted octanol–water partition coefficient (Wildman–Crippen LogP) is 1.74. The van der Waals surface area contributed by atoms with Gasteiger partial charge in [0.1, 0.15) is 5.57 Å². The van der Waals surface area contributed by atoms with Crippen molar-refractivity contribution in [1.29, 1.82) is 0 Å². The molecule has 0 radical (unpaired) electrons. The number of carbonyl (C=O) groups is 2. The summed E-state index contributed by atoms with van der Waals surface area (Å²) < 4.78 is 4.49. The molecule has 0 aromatic heterocycles. The van der Waals surface area contributed by atoms with Crippen LogP contribution < -0.4 is 5.32 Å². The molecule has 0 unspecified atom stereocenters. The first-order valence-corrected chi connectivity index (χ1v) is 4.80. The molecule has 4 heteroatoms. The number of hydrogen-bond donors (Lipinski definition) is 1. The lowest BCUT2D eigenvalue weighted by Gasteiger charge is -2.06. The zero-order chi connectivity index (χ0) is 12.0. The molecule has 0 saturated carbocycles. The standard InChI is InChI=1S/C12H13NO3/c1-3-10(12(15)16-2)11(14)13-9-7-5-4-6-8-9/h3-8H,1-2H3,(H,13,14)/b10-3-. The van der Waals surface area contributed by atoms with Crippen LogP contribution in [0.5, 0.6) is 0 Å². The summed E-state index contributed by atoms with van der Waals surface area (Å²) >= 11 is 0. The molecule has 0 aliphatic carbocycles. The Balaban J connectivity index is 2.76. The van der Waals surface area contributed by atoms with E-state index in [9.17, 15) is 9.59 Å². The van der Waals surface area contributed by atoms with Gasteiger partial charge in [-0.25, -0.2) is 4.79 Å². The number of nitrogens with one attached hydrogen (secondary N) is 1. The largest absolute Gasteiger partial charge is 0.465 e. The minimum atomic E-state index is -0.643. The van der Waals surface area contributed by atoms with E-state index >= 15 is 0 Å². The number of methoxy groups -OCH3 is 1. The number of esters is 1. The molecule has 0 fully saturated rings. The minimum Gasteiger partial charge on any atom is -0.465 e. The van der Waals surface area contributed by atoms with E-state index in [0.717, 1.165) is 0 Å². The van der Waals surface area contributed by atoms with E-state index in [2.05, 4.69) is 10.1 Å². The number of carbonyl (C=O) groups excluding carboxylic acids is 2. The highest BCUT2D eigenvalue weighted by molar-refractivity contribution is 6.20. The molecule has 84 valence electrons. The third-order valence-corrected chi connectivity index (χ3v) is 1.97. The van der Waals surface area contributed by atoms with Gasteiger partial charge in [-0.3, -0.25) is 4.79 Å². The van der Waals surface area contributed by atoms with Crippen molar-refractivity contribution >= 4 is 17.6 Å². The summed E-state index contributed by atoms with van der Waals surface area (Å²) in [6.45, 7) is 1.61. The Morgan fingerprint density at radius 3 is 2.38 bits per heavy atom. The molecule has 1 amide bonds. The number of allylic oxidation sites excluding steroid dienone is 1. The number of ether oxygens (including phenoxy) is 1. The fourth-order valence-corrected chi connectivity index (χ4v) is 1.17. The summed E-state index contributed by atoms with van der Waals surface area (Å²) in [6.07, 6.45) is 1.42. The van der Waals surface area contributed by atoms with Crippen molar-refractivity contribution in [3.8, 4) is 0 Å². The number of anilines is 1. The van der Waals surface area contributed by atoms with E-state index in [4.69, 9.17) is 0 Å². The van der Waals surface area contributed by atoms with Crippen molar-refractivity contribution in [2.24, 2.45) is 0 Å². The van der Waals surface area contributed by atoms with Crippen LogP contribution in [-0.2, 0) is 14.3 Å². The van der Waals surface area contributed by atoms with Gasteiger partial charge in [0.05, 0.1) is 7.11 Å².